The number of anilines is 1. The summed E-state index contributed by atoms with van der Waals surface area (Å²) in [6, 6.07) is 18.0. The summed E-state index contributed by atoms with van der Waals surface area (Å²) < 4.78 is 2.38. The molecule has 1 N–H and O–H groups in total. The van der Waals surface area contributed by atoms with Crippen LogP contribution in [0.5, 0.6) is 0 Å². The van der Waals surface area contributed by atoms with Crippen LogP contribution in [0.3, 0.4) is 0 Å². The number of aromatic nitrogens is 2. The summed E-state index contributed by atoms with van der Waals surface area (Å²) in [4.78, 5) is 9.38. The molecular formula is C28H35N5S. The maximum atomic E-state index is 5.97. The molecule has 2 aromatic heterocycles. The standard InChI is InChI=1S/C28H35N5S/c1-19-18-24(20(2)32(19)23-15-13-21(14-16-23)31(3)4)27-26(25-12-8-9-17-29-25)30-28(34)33(27)22-10-6-5-7-11-22/h8-9,12-18,22,26-27H,5-7,10-11H2,1-4H3,(H,30,34). The quantitative estimate of drug-likeness (QED) is 0.470. The van der Waals surface area contributed by atoms with Gasteiger partial charge in [0, 0.05) is 49.1 Å². The Balaban J connectivity index is 1.59. The van der Waals surface area contributed by atoms with E-state index in [0.29, 0.717) is 6.04 Å². The minimum atomic E-state index is 0.0423. The van der Waals surface area contributed by atoms with Crippen molar-refractivity contribution in [3.05, 3.63) is 77.4 Å². The molecule has 5 nitrogen and oxygen atoms in total. The van der Waals surface area contributed by atoms with Gasteiger partial charge >= 0.3 is 0 Å². The maximum absolute atomic E-state index is 5.97. The SMILES string of the molecule is Cc1cc(C2C(c3ccccn3)NC(=S)N2C2CCCCC2)c(C)n1-c1ccc(N(C)C)cc1. The van der Waals surface area contributed by atoms with Gasteiger partial charge in [0.15, 0.2) is 5.11 Å². The first-order valence-electron chi connectivity index (χ1n) is 12.4. The number of hydrogen-bond donors (Lipinski definition) is 1. The summed E-state index contributed by atoms with van der Waals surface area (Å²) in [7, 11) is 4.15. The Kier molecular flexibility index (Phi) is 6.34. The highest BCUT2D eigenvalue weighted by molar-refractivity contribution is 7.80. The fourth-order valence-corrected chi connectivity index (χ4v) is 6.22. The third-order valence-corrected chi connectivity index (χ3v) is 7.85. The molecule has 1 aliphatic carbocycles. The van der Waals surface area contributed by atoms with Crippen molar-refractivity contribution in [3.8, 4) is 5.69 Å². The van der Waals surface area contributed by atoms with Crippen LogP contribution >= 0.6 is 12.2 Å². The molecule has 1 aliphatic heterocycles. The van der Waals surface area contributed by atoms with E-state index in [4.69, 9.17) is 17.2 Å². The Morgan fingerprint density at radius 1 is 1.00 bits per heavy atom. The zero-order valence-corrected chi connectivity index (χ0v) is 21.5. The normalized spacial score (nSPS) is 21.1. The van der Waals surface area contributed by atoms with Crippen LogP contribution in [0, 0.1) is 13.8 Å². The highest BCUT2D eigenvalue weighted by Crippen LogP contribution is 2.44. The molecule has 1 saturated heterocycles. The van der Waals surface area contributed by atoms with Crippen molar-refractivity contribution in [2.24, 2.45) is 0 Å². The van der Waals surface area contributed by atoms with Gasteiger partial charge in [-0.2, -0.15) is 0 Å². The monoisotopic (exact) mass is 473 g/mol. The third kappa shape index (κ3) is 4.09. The maximum Gasteiger partial charge on any atom is 0.170 e. The summed E-state index contributed by atoms with van der Waals surface area (Å²) in [5.41, 5.74) is 7.30. The van der Waals surface area contributed by atoms with Crippen LogP contribution in [0.25, 0.3) is 5.69 Å². The van der Waals surface area contributed by atoms with Gasteiger partial charge in [-0.1, -0.05) is 25.3 Å². The first-order chi connectivity index (χ1) is 16.5. The summed E-state index contributed by atoms with van der Waals surface area (Å²) in [6.07, 6.45) is 8.19. The zero-order valence-electron chi connectivity index (χ0n) is 20.7. The van der Waals surface area contributed by atoms with E-state index < -0.39 is 0 Å². The van der Waals surface area contributed by atoms with Crippen molar-refractivity contribution >= 4 is 23.0 Å². The number of hydrogen-bond acceptors (Lipinski definition) is 3. The van der Waals surface area contributed by atoms with Crippen LogP contribution in [-0.4, -0.2) is 39.7 Å². The van der Waals surface area contributed by atoms with Gasteiger partial charge < -0.3 is 19.7 Å². The molecule has 178 valence electrons. The van der Waals surface area contributed by atoms with E-state index in [-0.39, 0.29) is 12.1 Å². The van der Waals surface area contributed by atoms with E-state index in [0.717, 1.165) is 10.8 Å². The Labute approximate surface area is 208 Å². The highest BCUT2D eigenvalue weighted by atomic mass is 32.1. The highest BCUT2D eigenvalue weighted by Gasteiger charge is 2.44. The van der Waals surface area contributed by atoms with E-state index in [1.54, 1.807) is 0 Å². The lowest BCUT2D eigenvalue weighted by molar-refractivity contribution is 0.197. The molecule has 0 radical (unpaired) electrons. The minimum absolute atomic E-state index is 0.0423. The predicted molar refractivity (Wildman–Crippen MR) is 144 cm³/mol. The second kappa shape index (κ2) is 9.41. The second-order valence-electron chi connectivity index (χ2n) is 9.90. The van der Waals surface area contributed by atoms with Crippen LogP contribution in [0.15, 0.2) is 54.7 Å². The molecule has 0 amide bonds. The minimum Gasteiger partial charge on any atom is -0.378 e. The Morgan fingerprint density at radius 3 is 2.38 bits per heavy atom. The van der Waals surface area contributed by atoms with Gasteiger partial charge in [0.2, 0.25) is 0 Å². The van der Waals surface area contributed by atoms with Gasteiger partial charge in [0.05, 0.1) is 17.8 Å². The van der Waals surface area contributed by atoms with Crippen LogP contribution in [0.2, 0.25) is 0 Å². The number of pyridine rings is 1. The fourth-order valence-electron chi connectivity index (χ4n) is 5.83. The number of aryl methyl sites for hydroxylation is 1. The van der Waals surface area contributed by atoms with E-state index >= 15 is 0 Å². The lowest BCUT2D eigenvalue weighted by atomic mass is 9.90. The lowest BCUT2D eigenvalue weighted by Gasteiger charge is -2.37. The number of thiocarbonyl (C=S) groups is 1. The summed E-state index contributed by atoms with van der Waals surface area (Å²) >= 11 is 5.97. The van der Waals surface area contributed by atoms with Gasteiger partial charge in [-0.05, 0) is 86.9 Å². The third-order valence-electron chi connectivity index (χ3n) is 7.52. The topological polar surface area (TPSA) is 36.3 Å². The van der Waals surface area contributed by atoms with Crippen LogP contribution in [0.4, 0.5) is 5.69 Å². The van der Waals surface area contributed by atoms with Crippen molar-refractivity contribution in [2.45, 2.75) is 64.1 Å². The summed E-state index contributed by atoms with van der Waals surface area (Å²) in [6.45, 7) is 4.45. The smallest absolute Gasteiger partial charge is 0.170 e. The largest absolute Gasteiger partial charge is 0.378 e. The average molecular weight is 474 g/mol. The first-order valence-corrected chi connectivity index (χ1v) is 12.8. The summed E-state index contributed by atoms with van der Waals surface area (Å²) in [5, 5.41) is 4.53. The van der Waals surface area contributed by atoms with Gasteiger partial charge in [0.1, 0.15) is 0 Å². The average Bonchev–Trinajstić information content (AvgIpc) is 3.35. The van der Waals surface area contributed by atoms with Crippen molar-refractivity contribution in [1.29, 1.82) is 0 Å². The zero-order chi connectivity index (χ0) is 23.8. The fraction of sp³-hybridized carbons (Fsp3) is 0.429. The van der Waals surface area contributed by atoms with Crippen molar-refractivity contribution in [1.82, 2.24) is 19.8 Å². The summed E-state index contributed by atoms with van der Waals surface area (Å²) in [5.74, 6) is 0. The molecule has 2 fully saturated rings. The number of nitrogens with one attached hydrogen (secondary N) is 1. The van der Waals surface area contributed by atoms with Crippen molar-refractivity contribution < 1.29 is 0 Å². The predicted octanol–water partition coefficient (Wildman–Crippen LogP) is 5.86. The van der Waals surface area contributed by atoms with Crippen LogP contribution < -0.4 is 10.2 Å². The molecule has 0 spiro atoms. The number of nitrogens with zero attached hydrogens (tertiary/aromatic N) is 4. The molecule has 1 aromatic carbocycles. The molecular weight excluding hydrogens is 438 g/mol. The van der Waals surface area contributed by atoms with E-state index in [9.17, 15) is 0 Å². The molecule has 0 bridgehead atoms. The molecule has 2 aliphatic rings. The first kappa shape index (κ1) is 22.9. The van der Waals surface area contributed by atoms with E-state index in [2.05, 4.69) is 90.1 Å². The van der Waals surface area contributed by atoms with E-state index in [1.807, 2.05) is 12.3 Å². The van der Waals surface area contributed by atoms with Crippen molar-refractivity contribution in [3.63, 3.8) is 0 Å². The molecule has 34 heavy (non-hydrogen) atoms. The second-order valence-corrected chi connectivity index (χ2v) is 10.3. The Hall–Kier alpha value is -2.86. The van der Waals surface area contributed by atoms with Gasteiger partial charge in [-0.3, -0.25) is 4.98 Å². The molecule has 2 unspecified atom stereocenters. The lowest BCUT2D eigenvalue weighted by Crippen LogP contribution is -2.40. The molecule has 5 rings (SSSR count). The number of rotatable bonds is 5. The van der Waals surface area contributed by atoms with Gasteiger partial charge in [-0.25, -0.2) is 0 Å². The van der Waals surface area contributed by atoms with Gasteiger partial charge in [-0.15, -0.1) is 0 Å². The number of benzene rings is 1. The van der Waals surface area contributed by atoms with Gasteiger partial charge in [0.25, 0.3) is 0 Å². The van der Waals surface area contributed by atoms with Crippen LogP contribution in [0.1, 0.15) is 66.8 Å². The molecule has 1 saturated carbocycles. The molecule has 6 heteroatoms. The molecule has 3 heterocycles. The Bertz CT molecular complexity index is 1150. The van der Waals surface area contributed by atoms with Crippen LogP contribution in [-0.2, 0) is 0 Å². The molecule has 3 aromatic rings. The van der Waals surface area contributed by atoms with E-state index in [1.165, 1.54) is 60.4 Å². The molecule has 2 atom stereocenters. The van der Waals surface area contributed by atoms with Crippen molar-refractivity contribution in [2.75, 3.05) is 19.0 Å². The Morgan fingerprint density at radius 2 is 1.74 bits per heavy atom.